The topological polar surface area (TPSA) is 164 Å². The van der Waals surface area contributed by atoms with E-state index < -0.39 is 40.3 Å². The van der Waals surface area contributed by atoms with Gasteiger partial charge in [-0.3, -0.25) is 14.4 Å². The van der Waals surface area contributed by atoms with Crippen LogP contribution in [0.1, 0.15) is 16.8 Å². The van der Waals surface area contributed by atoms with E-state index in [0.717, 1.165) is 24.3 Å². The van der Waals surface area contributed by atoms with Gasteiger partial charge in [-0.2, -0.15) is 4.72 Å². The van der Waals surface area contributed by atoms with Gasteiger partial charge in [-0.05, 0) is 24.3 Å². The number of nitrogens with two attached hydrogens (primary N) is 1. The first-order chi connectivity index (χ1) is 9.63. The molecule has 0 aliphatic carbocycles. The van der Waals surface area contributed by atoms with Gasteiger partial charge in [0.15, 0.2) is 0 Å². The van der Waals surface area contributed by atoms with Crippen LogP contribution >= 0.6 is 0 Å². The van der Waals surface area contributed by atoms with E-state index in [-0.39, 0.29) is 10.5 Å². The van der Waals surface area contributed by atoms with Crippen molar-refractivity contribution in [2.75, 3.05) is 0 Å². The van der Waals surface area contributed by atoms with E-state index in [9.17, 15) is 22.8 Å². The van der Waals surface area contributed by atoms with E-state index in [4.69, 9.17) is 15.9 Å². The SMILES string of the molecule is NC(=O)c1ccc(S(=O)(=O)NC(CC(=O)O)C(=O)O)cc1. The Hall–Kier alpha value is -2.46. The molecule has 0 heterocycles. The monoisotopic (exact) mass is 316 g/mol. The minimum absolute atomic E-state index is 0.0780. The van der Waals surface area contributed by atoms with Crippen LogP contribution < -0.4 is 10.5 Å². The molecule has 0 aliphatic heterocycles. The highest BCUT2D eigenvalue weighted by Crippen LogP contribution is 2.11. The number of benzene rings is 1. The van der Waals surface area contributed by atoms with Crippen LogP contribution in [-0.4, -0.2) is 42.5 Å². The number of amides is 1. The van der Waals surface area contributed by atoms with Crippen molar-refractivity contribution in [1.29, 1.82) is 0 Å². The van der Waals surface area contributed by atoms with Gasteiger partial charge < -0.3 is 15.9 Å². The minimum Gasteiger partial charge on any atom is -0.481 e. The zero-order chi connectivity index (χ0) is 16.2. The van der Waals surface area contributed by atoms with E-state index >= 15 is 0 Å². The lowest BCUT2D eigenvalue weighted by Crippen LogP contribution is -2.42. The summed E-state index contributed by atoms with van der Waals surface area (Å²) in [6.07, 6.45) is -0.909. The van der Waals surface area contributed by atoms with Crippen LogP contribution in [0.3, 0.4) is 0 Å². The molecule has 0 saturated carbocycles. The Bertz CT molecular complexity index is 666. The van der Waals surface area contributed by atoms with Gasteiger partial charge in [-0.15, -0.1) is 0 Å². The van der Waals surface area contributed by atoms with Gasteiger partial charge in [0, 0.05) is 5.56 Å². The molecular weight excluding hydrogens is 304 g/mol. The summed E-state index contributed by atoms with van der Waals surface area (Å²) in [5.74, 6) is -3.83. The smallest absolute Gasteiger partial charge is 0.322 e. The highest BCUT2D eigenvalue weighted by molar-refractivity contribution is 7.89. The van der Waals surface area contributed by atoms with Crippen LogP contribution in [0.5, 0.6) is 0 Å². The van der Waals surface area contributed by atoms with E-state index in [1.807, 2.05) is 0 Å². The molecule has 1 rings (SSSR count). The van der Waals surface area contributed by atoms with Crippen LogP contribution in [0.4, 0.5) is 0 Å². The number of carbonyl (C=O) groups is 3. The summed E-state index contributed by atoms with van der Waals surface area (Å²) in [4.78, 5) is 31.9. The number of sulfonamides is 1. The number of primary amides is 1. The van der Waals surface area contributed by atoms with Crippen LogP contribution in [0.15, 0.2) is 29.2 Å². The molecule has 1 atom stereocenters. The number of aliphatic carboxylic acids is 2. The van der Waals surface area contributed by atoms with Crippen LogP contribution in [0.25, 0.3) is 0 Å². The molecule has 0 spiro atoms. The van der Waals surface area contributed by atoms with Gasteiger partial charge >= 0.3 is 11.9 Å². The molecule has 1 unspecified atom stereocenters. The first kappa shape index (κ1) is 16.6. The molecule has 0 bridgehead atoms. The largest absolute Gasteiger partial charge is 0.481 e. The fraction of sp³-hybridized carbons (Fsp3) is 0.182. The number of nitrogens with one attached hydrogen (secondary N) is 1. The van der Waals surface area contributed by atoms with Gasteiger partial charge in [-0.25, -0.2) is 8.42 Å². The molecule has 0 aromatic heterocycles. The lowest BCUT2D eigenvalue weighted by atomic mass is 10.2. The van der Waals surface area contributed by atoms with Crippen LogP contribution in [0.2, 0.25) is 0 Å². The number of carbonyl (C=O) groups excluding carboxylic acids is 1. The average molecular weight is 316 g/mol. The second kappa shape index (κ2) is 6.33. The van der Waals surface area contributed by atoms with Gasteiger partial charge in [-0.1, -0.05) is 0 Å². The zero-order valence-electron chi connectivity index (χ0n) is 10.5. The first-order valence-electron chi connectivity index (χ1n) is 5.50. The Balaban J connectivity index is 3.01. The molecule has 1 aromatic carbocycles. The number of rotatable bonds is 7. The molecule has 0 aliphatic rings. The molecule has 21 heavy (non-hydrogen) atoms. The fourth-order valence-electron chi connectivity index (χ4n) is 1.41. The molecule has 1 amide bonds. The lowest BCUT2D eigenvalue weighted by Gasteiger charge is -2.13. The van der Waals surface area contributed by atoms with E-state index in [0.29, 0.717) is 0 Å². The molecule has 9 nitrogen and oxygen atoms in total. The normalized spacial score (nSPS) is 12.6. The maximum absolute atomic E-state index is 11.9. The van der Waals surface area contributed by atoms with Gasteiger partial charge in [0.05, 0.1) is 11.3 Å². The Morgan fingerprint density at radius 2 is 1.67 bits per heavy atom. The van der Waals surface area contributed by atoms with E-state index in [1.54, 1.807) is 4.72 Å². The number of carboxylic acid groups (broad SMARTS) is 2. The highest BCUT2D eigenvalue weighted by Gasteiger charge is 2.27. The first-order valence-corrected chi connectivity index (χ1v) is 6.98. The van der Waals surface area contributed by atoms with Crippen molar-refractivity contribution in [3.05, 3.63) is 29.8 Å². The number of carboxylic acids is 2. The van der Waals surface area contributed by atoms with Crippen molar-refractivity contribution >= 4 is 27.9 Å². The zero-order valence-corrected chi connectivity index (χ0v) is 11.3. The van der Waals surface area contributed by atoms with Gasteiger partial charge in [0.1, 0.15) is 6.04 Å². The summed E-state index contributed by atoms with van der Waals surface area (Å²) in [7, 11) is -4.24. The molecule has 10 heteroatoms. The molecule has 1 aromatic rings. The fourth-order valence-corrected chi connectivity index (χ4v) is 2.60. The highest BCUT2D eigenvalue weighted by atomic mass is 32.2. The Morgan fingerprint density at radius 3 is 2.05 bits per heavy atom. The molecule has 0 fully saturated rings. The van der Waals surface area contributed by atoms with Crippen molar-refractivity contribution in [3.8, 4) is 0 Å². The third kappa shape index (κ3) is 4.54. The van der Waals surface area contributed by atoms with Crippen molar-refractivity contribution in [3.63, 3.8) is 0 Å². The molecule has 5 N–H and O–H groups in total. The summed E-state index contributed by atoms with van der Waals surface area (Å²) >= 11 is 0. The van der Waals surface area contributed by atoms with Gasteiger partial charge in [0.2, 0.25) is 15.9 Å². The second-order valence-electron chi connectivity index (χ2n) is 4.00. The Kier molecular flexibility index (Phi) is 5.00. The molecule has 0 saturated heterocycles. The standard InChI is InChI=1S/C11H12N2O7S/c12-10(16)6-1-3-7(4-2-6)21(19,20)13-8(11(17)18)5-9(14)15/h1-4,8,13H,5H2,(H2,12,16)(H,14,15)(H,17,18). The molecule has 0 radical (unpaired) electrons. The summed E-state index contributed by atoms with van der Waals surface area (Å²) in [5.41, 5.74) is 5.08. The third-order valence-electron chi connectivity index (χ3n) is 2.42. The summed E-state index contributed by atoms with van der Waals surface area (Å²) in [6.45, 7) is 0. The van der Waals surface area contributed by atoms with Crippen molar-refractivity contribution in [1.82, 2.24) is 4.72 Å². The maximum Gasteiger partial charge on any atom is 0.322 e. The maximum atomic E-state index is 11.9. The van der Waals surface area contributed by atoms with Crippen molar-refractivity contribution < 1.29 is 33.0 Å². The quantitative estimate of drug-likeness (QED) is 0.500. The Morgan fingerprint density at radius 1 is 1.14 bits per heavy atom. The van der Waals surface area contributed by atoms with Crippen LogP contribution in [-0.2, 0) is 19.6 Å². The average Bonchev–Trinajstić information content (AvgIpc) is 2.37. The van der Waals surface area contributed by atoms with E-state index in [2.05, 4.69) is 0 Å². The molecular formula is C11H12N2O7S. The van der Waals surface area contributed by atoms with Crippen LogP contribution in [0, 0.1) is 0 Å². The number of hydrogen-bond acceptors (Lipinski definition) is 5. The summed E-state index contributed by atoms with van der Waals surface area (Å²) < 4.78 is 25.6. The Labute approximate surface area is 119 Å². The second-order valence-corrected chi connectivity index (χ2v) is 5.71. The minimum atomic E-state index is -4.24. The predicted molar refractivity (Wildman–Crippen MR) is 69.0 cm³/mol. The predicted octanol–water partition coefficient (Wildman–Crippen LogP) is -1.01. The third-order valence-corrected chi connectivity index (χ3v) is 3.91. The lowest BCUT2D eigenvalue weighted by molar-refractivity contribution is -0.145. The number of hydrogen-bond donors (Lipinski definition) is 4. The van der Waals surface area contributed by atoms with Crippen molar-refractivity contribution in [2.45, 2.75) is 17.4 Å². The van der Waals surface area contributed by atoms with Gasteiger partial charge in [0.25, 0.3) is 0 Å². The summed E-state index contributed by atoms with van der Waals surface area (Å²) in [6, 6.07) is 2.63. The molecule has 114 valence electrons. The van der Waals surface area contributed by atoms with Crippen molar-refractivity contribution in [2.24, 2.45) is 5.73 Å². The summed E-state index contributed by atoms with van der Waals surface area (Å²) in [5, 5.41) is 17.3. The van der Waals surface area contributed by atoms with E-state index in [1.165, 1.54) is 0 Å².